The van der Waals surface area contributed by atoms with E-state index in [1.807, 2.05) is 36.4 Å². The van der Waals surface area contributed by atoms with Gasteiger partial charge < -0.3 is 9.84 Å². The Kier molecular flexibility index (Phi) is 6.51. The molecule has 8 nitrogen and oxygen atoms in total. The highest BCUT2D eigenvalue weighted by molar-refractivity contribution is 7.89. The van der Waals surface area contributed by atoms with Crippen molar-refractivity contribution < 1.29 is 27.9 Å². The van der Waals surface area contributed by atoms with Crippen LogP contribution >= 0.6 is 0 Å². The highest BCUT2D eigenvalue weighted by Gasteiger charge is 2.39. The number of sulfonamides is 1. The van der Waals surface area contributed by atoms with Crippen molar-refractivity contribution in [1.29, 1.82) is 0 Å². The maximum Gasteiger partial charge on any atom is 0.411 e. The number of carbonyl (C=O) groups is 2. The lowest BCUT2D eigenvalue weighted by Crippen LogP contribution is -2.48. The second-order valence-electron chi connectivity index (χ2n) is 9.15. The number of carbonyl (C=O) groups excluding carboxylic acids is 1. The molecule has 1 atom stereocenters. The van der Waals surface area contributed by atoms with Crippen molar-refractivity contribution in [2.75, 3.05) is 11.9 Å². The number of fused-ring (bicyclic) bond motifs is 1. The number of amides is 1. The SMILES string of the molecule is O=C(Nc1ccc(-c2ccc(S(=O)(=O)N3Cc4ccccc4CC3C(=O)O)cc2)cc1)OCC1CC1. The fourth-order valence-electron chi connectivity index (χ4n) is 4.29. The van der Waals surface area contributed by atoms with Crippen molar-refractivity contribution in [2.24, 2.45) is 5.92 Å². The van der Waals surface area contributed by atoms with E-state index in [0.717, 1.165) is 39.4 Å². The summed E-state index contributed by atoms with van der Waals surface area (Å²) in [5, 5.41) is 12.4. The van der Waals surface area contributed by atoms with Crippen molar-refractivity contribution >= 4 is 27.8 Å². The van der Waals surface area contributed by atoms with Gasteiger partial charge >= 0.3 is 12.1 Å². The predicted molar refractivity (Wildman–Crippen MR) is 134 cm³/mol. The number of rotatable bonds is 7. The van der Waals surface area contributed by atoms with Crippen LogP contribution in [0.1, 0.15) is 24.0 Å². The molecule has 0 spiro atoms. The van der Waals surface area contributed by atoms with Gasteiger partial charge in [0.15, 0.2) is 0 Å². The number of benzene rings is 3. The topological polar surface area (TPSA) is 113 Å². The van der Waals surface area contributed by atoms with Crippen LogP contribution < -0.4 is 5.32 Å². The summed E-state index contributed by atoms with van der Waals surface area (Å²) in [6, 6.07) is 19.6. The van der Waals surface area contributed by atoms with Crippen LogP contribution in [0.4, 0.5) is 10.5 Å². The van der Waals surface area contributed by atoms with Gasteiger partial charge in [0.05, 0.1) is 11.5 Å². The van der Waals surface area contributed by atoms with Crippen LogP contribution in [0, 0.1) is 5.92 Å². The van der Waals surface area contributed by atoms with E-state index >= 15 is 0 Å². The minimum Gasteiger partial charge on any atom is -0.480 e. The van der Waals surface area contributed by atoms with Gasteiger partial charge in [-0.05, 0) is 65.3 Å². The van der Waals surface area contributed by atoms with Crippen LogP contribution in [0.15, 0.2) is 77.7 Å². The maximum atomic E-state index is 13.4. The average Bonchev–Trinajstić information content (AvgIpc) is 3.72. The molecule has 0 aromatic heterocycles. The molecule has 3 aromatic rings. The van der Waals surface area contributed by atoms with Crippen molar-refractivity contribution in [2.45, 2.75) is 36.7 Å². The molecule has 3 aromatic carbocycles. The first-order chi connectivity index (χ1) is 17.3. The molecule has 1 aliphatic carbocycles. The number of nitrogens with zero attached hydrogens (tertiary/aromatic N) is 1. The molecule has 0 bridgehead atoms. The highest BCUT2D eigenvalue weighted by atomic mass is 32.2. The number of aliphatic carboxylic acids is 1. The molecule has 2 aliphatic rings. The molecule has 1 unspecified atom stereocenters. The minimum atomic E-state index is -4.03. The minimum absolute atomic E-state index is 0.00871. The summed E-state index contributed by atoms with van der Waals surface area (Å²) in [7, 11) is -4.03. The third-order valence-corrected chi connectivity index (χ3v) is 8.43. The van der Waals surface area contributed by atoms with E-state index in [0.29, 0.717) is 18.2 Å². The van der Waals surface area contributed by atoms with E-state index in [2.05, 4.69) is 5.32 Å². The normalized spacial score (nSPS) is 17.7. The van der Waals surface area contributed by atoms with E-state index in [1.54, 1.807) is 24.3 Å². The van der Waals surface area contributed by atoms with Crippen LogP contribution in [0.2, 0.25) is 0 Å². The smallest absolute Gasteiger partial charge is 0.411 e. The summed E-state index contributed by atoms with van der Waals surface area (Å²) in [6.07, 6.45) is 1.85. The zero-order valence-electron chi connectivity index (χ0n) is 19.5. The fraction of sp³-hybridized carbons (Fsp3) is 0.259. The molecule has 1 amide bonds. The van der Waals surface area contributed by atoms with Gasteiger partial charge in [-0.25, -0.2) is 13.2 Å². The van der Waals surface area contributed by atoms with Crippen LogP contribution in [0.25, 0.3) is 11.1 Å². The molecule has 9 heteroatoms. The molecule has 36 heavy (non-hydrogen) atoms. The first kappa shape index (κ1) is 24.0. The van der Waals surface area contributed by atoms with Gasteiger partial charge in [-0.15, -0.1) is 0 Å². The predicted octanol–water partition coefficient (Wildman–Crippen LogP) is 4.51. The zero-order valence-corrected chi connectivity index (χ0v) is 20.3. The fourth-order valence-corrected chi connectivity index (χ4v) is 5.85. The molecule has 1 heterocycles. The molecule has 0 saturated heterocycles. The maximum absolute atomic E-state index is 13.4. The molecule has 5 rings (SSSR count). The molecule has 1 saturated carbocycles. The number of hydrogen-bond acceptors (Lipinski definition) is 5. The second kappa shape index (κ2) is 9.75. The van der Waals surface area contributed by atoms with E-state index < -0.39 is 28.1 Å². The first-order valence-electron chi connectivity index (χ1n) is 11.8. The molecule has 1 fully saturated rings. The summed E-state index contributed by atoms with van der Waals surface area (Å²) in [4.78, 5) is 23.8. The van der Waals surface area contributed by atoms with Gasteiger partial charge in [-0.2, -0.15) is 4.31 Å². The zero-order chi connectivity index (χ0) is 25.3. The Morgan fingerprint density at radius 1 is 0.917 bits per heavy atom. The summed E-state index contributed by atoms with van der Waals surface area (Å²) >= 11 is 0. The van der Waals surface area contributed by atoms with E-state index in [4.69, 9.17) is 4.74 Å². The van der Waals surface area contributed by atoms with Crippen LogP contribution in [-0.2, 0) is 32.5 Å². The van der Waals surface area contributed by atoms with Crippen molar-refractivity contribution in [3.05, 3.63) is 83.9 Å². The monoisotopic (exact) mass is 506 g/mol. The molecule has 1 aliphatic heterocycles. The number of ether oxygens (including phenoxy) is 1. The number of nitrogens with one attached hydrogen (secondary N) is 1. The summed E-state index contributed by atoms with van der Waals surface area (Å²) < 4.78 is 33.1. The Bertz CT molecular complexity index is 1380. The Labute approximate surface area is 209 Å². The van der Waals surface area contributed by atoms with Gasteiger partial charge in [0, 0.05) is 18.7 Å². The molecule has 186 valence electrons. The lowest BCUT2D eigenvalue weighted by atomic mass is 9.96. The van der Waals surface area contributed by atoms with Crippen LogP contribution in [-0.4, -0.2) is 42.5 Å². The number of carboxylic acids is 1. The van der Waals surface area contributed by atoms with Crippen molar-refractivity contribution in [3.63, 3.8) is 0 Å². The average molecular weight is 507 g/mol. The number of hydrogen-bond donors (Lipinski definition) is 2. The molecular formula is C27H26N2O6S. The third kappa shape index (κ3) is 5.12. The lowest BCUT2D eigenvalue weighted by Gasteiger charge is -2.33. The van der Waals surface area contributed by atoms with E-state index in [-0.39, 0.29) is 17.9 Å². The Morgan fingerprint density at radius 3 is 2.14 bits per heavy atom. The van der Waals surface area contributed by atoms with Crippen LogP contribution in [0.5, 0.6) is 0 Å². The Balaban J connectivity index is 1.30. The first-order valence-corrected chi connectivity index (χ1v) is 13.2. The molecule has 0 radical (unpaired) electrons. The molecular weight excluding hydrogens is 480 g/mol. The second-order valence-corrected chi connectivity index (χ2v) is 11.0. The standard InChI is InChI=1S/C27H26N2O6S/c30-26(31)25-15-21-3-1-2-4-22(21)16-29(25)36(33,34)24-13-9-20(10-14-24)19-7-11-23(12-8-19)28-27(32)35-17-18-5-6-18/h1-4,7-14,18,25H,5-6,15-17H2,(H,28,32)(H,30,31). The largest absolute Gasteiger partial charge is 0.480 e. The van der Waals surface area contributed by atoms with Gasteiger partial charge in [0.25, 0.3) is 0 Å². The summed E-state index contributed by atoms with van der Waals surface area (Å²) in [5.41, 5.74) is 3.88. The van der Waals surface area contributed by atoms with Crippen molar-refractivity contribution in [1.82, 2.24) is 4.31 Å². The molecule has 2 N–H and O–H groups in total. The Morgan fingerprint density at radius 2 is 1.53 bits per heavy atom. The van der Waals surface area contributed by atoms with Gasteiger partial charge in [0.1, 0.15) is 6.04 Å². The van der Waals surface area contributed by atoms with Gasteiger partial charge in [-0.3, -0.25) is 10.1 Å². The summed E-state index contributed by atoms with van der Waals surface area (Å²) in [6.45, 7) is 0.450. The number of carboxylic acid groups (broad SMARTS) is 1. The third-order valence-electron chi connectivity index (χ3n) is 6.56. The lowest BCUT2D eigenvalue weighted by molar-refractivity contribution is -0.141. The van der Waals surface area contributed by atoms with Gasteiger partial charge in [0.2, 0.25) is 10.0 Å². The van der Waals surface area contributed by atoms with Gasteiger partial charge in [-0.1, -0.05) is 48.5 Å². The van der Waals surface area contributed by atoms with E-state index in [9.17, 15) is 23.1 Å². The Hall–Kier alpha value is -3.69. The number of anilines is 1. The van der Waals surface area contributed by atoms with E-state index in [1.165, 1.54) is 12.1 Å². The quantitative estimate of drug-likeness (QED) is 0.487. The highest BCUT2D eigenvalue weighted by Crippen LogP contribution is 2.31. The van der Waals surface area contributed by atoms with Crippen LogP contribution in [0.3, 0.4) is 0 Å². The summed E-state index contributed by atoms with van der Waals surface area (Å²) in [5.74, 6) is -0.680. The van der Waals surface area contributed by atoms with Crippen molar-refractivity contribution in [3.8, 4) is 11.1 Å².